The average molecular weight is 243 g/mol. The number of likely N-dealkylation sites (tertiary alicyclic amines) is 1. The van der Waals surface area contributed by atoms with Gasteiger partial charge in [0.25, 0.3) is 0 Å². The fourth-order valence-corrected chi connectivity index (χ4v) is 2.39. The van der Waals surface area contributed by atoms with Gasteiger partial charge in [-0.15, -0.1) is 0 Å². The highest BCUT2D eigenvalue weighted by Crippen LogP contribution is 2.32. The molecule has 1 aliphatic heterocycles. The van der Waals surface area contributed by atoms with E-state index in [9.17, 15) is 9.90 Å². The Morgan fingerprint density at radius 3 is 2.53 bits per heavy atom. The molecule has 1 fully saturated rings. The number of hydrogen-bond donors (Lipinski definition) is 1. The van der Waals surface area contributed by atoms with Crippen LogP contribution in [0.2, 0.25) is 0 Å². The molecule has 0 aromatic carbocycles. The molecule has 1 heterocycles. The van der Waals surface area contributed by atoms with Crippen molar-refractivity contribution in [2.45, 2.75) is 46.6 Å². The van der Waals surface area contributed by atoms with Crippen molar-refractivity contribution < 1.29 is 14.6 Å². The van der Waals surface area contributed by atoms with Gasteiger partial charge in [-0.05, 0) is 32.6 Å². The third kappa shape index (κ3) is 4.54. The van der Waals surface area contributed by atoms with E-state index >= 15 is 0 Å². The van der Waals surface area contributed by atoms with Gasteiger partial charge in [0.1, 0.15) is 5.60 Å². The molecule has 1 rings (SSSR count). The van der Waals surface area contributed by atoms with E-state index < -0.39 is 5.60 Å². The first kappa shape index (κ1) is 14.3. The summed E-state index contributed by atoms with van der Waals surface area (Å²) in [5, 5.41) is 9.28. The lowest BCUT2D eigenvalue weighted by Gasteiger charge is -2.42. The first-order valence-corrected chi connectivity index (χ1v) is 6.22. The van der Waals surface area contributed by atoms with Crippen LogP contribution in [0.1, 0.15) is 41.0 Å². The van der Waals surface area contributed by atoms with E-state index in [1.807, 2.05) is 20.8 Å². The largest absolute Gasteiger partial charge is 0.444 e. The summed E-state index contributed by atoms with van der Waals surface area (Å²) in [5.41, 5.74) is -0.421. The van der Waals surface area contributed by atoms with E-state index in [0.717, 1.165) is 6.42 Å². The lowest BCUT2D eigenvalue weighted by atomic mass is 9.79. The maximum Gasteiger partial charge on any atom is 0.410 e. The summed E-state index contributed by atoms with van der Waals surface area (Å²) >= 11 is 0. The van der Waals surface area contributed by atoms with Crippen LogP contribution < -0.4 is 0 Å². The second-order valence-electron chi connectivity index (χ2n) is 6.78. The SMILES string of the molecule is CC1(C)CC(CO)CN(C(=O)OC(C)(C)C)C1. The van der Waals surface area contributed by atoms with Crippen LogP contribution in [0, 0.1) is 11.3 Å². The van der Waals surface area contributed by atoms with E-state index in [4.69, 9.17) is 4.74 Å². The van der Waals surface area contributed by atoms with Crippen LogP contribution in [0.3, 0.4) is 0 Å². The Bertz CT molecular complexity index is 281. The van der Waals surface area contributed by atoms with E-state index in [1.54, 1.807) is 4.90 Å². The minimum absolute atomic E-state index is 0.0442. The van der Waals surface area contributed by atoms with Gasteiger partial charge in [0.2, 0.25) is 0 Å². The van der Waals surface area contributed by atoms with Crippen LogP contribution >= 0.6 is 0 Å². The topological polar surface area (TPSA) is 49.8 Å². The van der Waals surface area contributed by atoms with Crippen LogP contribution in [0.4, 0.5) is 4.79 Å². The zero-order valence-electron chi connectivity index (χ0n) is 11.6. The molecule has 0 aromatic heterocycles. The molecule has 1 aliphatic rings. The van der Waals surface area contributed by atoms with E-state index in [1.165, 1.54) is 0 Å². The summed E-state index contributed by atoms with van der Waals surface area (Å²) in [6.07, 6.45) is 0.673. The normalized spacial score (nSPS) is 24.6. The van der Waals surface area contributed by atoms with Gasteiger partial charge in [0, 0.05) is 25.6 Å². The summed E-state index contributed by atoms with van der Waals surface area (Å²) < 4.78 is 5.37. The molecule has 0 spiro atoms. The second-order valence-corrected chi connectivity index (χ2v) is 6.78. The summed E-state index contributed by atoms with van der Waals surface area (Å²) in [7, 11) is 0. The monoisotopic (exact) mass is 243 g/mol. The Hall–Kier alpha value is -0.770. The number of piperidine rings is 1. The zero-order chi connectivity index (χ0) is 13.3. The number of nitrogens with zero attached hydrogens (tertiary/aromatic N) is 1. The van der Waals surface area contributed by atoms with Crippen LogP contribution in [-0.2, 0) is 4.74 Å². The molecule has 1 N–H and O–H groups in total. The van der Waals surface area contributed by atoms with Crippen molar-refractivity contribution in [1.29, 1.82) is 0 Å². The van der Waals surface area contributed by atoms with Crippen LogP contribution in [0.5, 0.6) is 0 Å². The first-order valence-electron chi connectivity index (χ1n) is 6.22. The van der Waals surface area contributed by atoms with Crippen molar-refractivity contribution in [3.05, 3.63) is 0 Å². The van der Waals surface area contributed by atoms with E-state index in [-0.39, 0.29) is 24.0 Å². The van der Waals surface area contributed by atoms with Crippen molar-refractivity contribution in [3.63, 3.8) is 0 Å². The number of aliphatic hydroxyl groups excluding tert-OH is 1. The molecule has 0 saturated carbocycles. The van der Waals surface area contributed by atoms with Crippen LogP contribution in [-0.4, -0.2) is 41.4 Å². The molecule has 0 aromatic rings. The summed E-state index contributed by atoms with van der Waals surface area (Å²) in [5.74, 6) is 0.159. The molecule has 1 amide bonds. The van der Waals surface area contributed by atoms with Gasteiger partial charge in [0.15, 0.2) is 0 Å². The molecule has 4 heteroatoms. The van der Waals surface area contributed by atoms with Gasteiger partial charge in [-0.1, -0.05) is 13.8 Å². The van der Waals surface area contributed by atoms with Crippen molar-refractivity contribution in [2.75, 3.05) is 19.7 Å². The third-order valence-electron chi connectivity index (χ3n) is 2.85. The number of hydrogen-bond acceptors (Lipinski definition) is 3. The first-order chi connectivity index (χ1) is 7.63. The lowest BCUT2D eigenvalue weighted by Crippen LogP contribution is -2.49. The number of rotatable bonds is 1. The van der Waals surface area contributed by atoms with Crippen molar-refractivity contribution in [3.8, 4) is 0 Å². The molecular formula is C13H25NO3. The Balaban J connectivity index is 2.67. The number of carbonyl (C=O) groups is 1. The average Bonchev–Trinajstić information content (AvgIpc) is 2.12. The van der Waals surface area contributed by atoms with Crippen LogP contribution in [0.25, 0.3) is 0 Å². The molecule has 100 valence electrons. The highest BCUT2D eigenvalue weighted by atomic mass is 16.6. The smallest absolute Gasteiger partial charge is 0.410 e. The molecule has 0 aliphatic carbocycles. The van der Waals surface area contributed by atoms with Gasteiger partial charge >= 0.3 is 6.09 Å². The van der Waals surface area contributed by atoms with E-state index in [2.05, 4.69) is 13.8 Å². The molecule has 4 nitrogen and oxygen atoms in total. The predicted octanol–water partition coefficient (Wildman–Crippen LogP) is 2.26. The van der Waals surface area contributed by atoms with Crippen molar-refractivity contribution in [1.82, 2.24) is 4.90 Å². The number of amides is 1. The lowest BCUT2D eigenvalue weighted by molar-refractivity contribution is -0.00749. The minimum atomic E-state index is -0.465. The number of aliphatic hydroxyl groups is 1. The number of ether oxygens (including phenoxy) is 1. The molecule has 0 bridgehead atoms. The standard InChI is InChI=1S/C13H25NO3/c1-12(2,3)17-11(16)14-7-10(8-15)6-13(4,5)9-14/h10,15H,6-9H2,1-5H3. The zero-order valence-corrected chi connectivity index (χ0v) is 11.6. The second kappa shape index (κ2) is 4.84. The Morgan fingerprint density at radius 1 is 1.47 bits per heavy atom. The van der Waals surface area contributed by atoms with E-state index in [0.29, 0.717) is 13.1 Å². The van der Waals surface area contributed by atoms with Gasteiger partial charge in [0.05, 0.1) is 0 Å². The fraction of sp³-hybridized carbons (Fsp3) is 0.923. The van der Waals surface area contributed by atoms with Gasteiger partial charge < -0.3 is 14.7 Å². The minimum Gasteiger partial charge on any atom is -0.444 e. The molecule has 1 unspecified atom stereocenters. The fourth-order valence-electron chi connectivity index (χ4n) is 2.39. The summed E-state index contributed by atoms with van der Waals surface area (Å²) in [6.45, 7) is 11.2. The Kier molecular flexibility index (Phi) is 4.07. The Labute approximate surface area is 104 Å². The van der Waals surface area contributed by atoms with Gasteiger partial charge in [-0.3, -0.25) is 0 Å². The third-order valence-corrected chi connectivity index (χ3v) is 2.85. The highest BCUT2D eigenvalue weighted by Gasteiger charge is 2.36. The molecule has 1 saturated heterocycles. The maximum atomic E-state index is 12.0. The summed E-state index contributed by atoms with van der Waals surface area (Å²) in [6, 6.07) is 0. The quantitative estimate of drug-likeness (QED) is 0.768. The Morgan fingerprint density at radius 2 is 2.06 bits per heavy atom. The number of carbonyl (C=O) groups excluding carboxylic acids is 1. The highest BCUT2D eigenvalue weighted by molar-refractivity contribution is 5.68. The van der Waals surface area contributed by atoms with Gasteiger partial charge in [-0.2, -0.15) is 0 Å². The molecule has 0 radical (unpaired) electrons. The van der Waals surface area contributed by atoms with Crippen LogP contribution in [0.15, 0.2) is 0 Å². The molecular weight excluding hydrogens is 218 g/mol. The van der Waals surface area contributed by atoms with Gasteiger partial charge in [-0.25, -0.2) is 4.79 Å². The molecule has 17 heavy (non-hydrogen) atoms. The maximum absolute atomic E-state index is 12.0. The van der Waals surface area contributed by atoms with Crippen molar-refractivity contribution >= 4 is 6.09 Å². The molecule has 1 atom stereocenters. The predicted molar refractivity (Wildman–Crippen MR) is 66.8 cm³/mol. The summed E-state index contributed by atoms with van der Waals surface area (Å²) in [4.78, 5) is 13.7. The van der Waals surface area contributed by atoms with Crippen molar-refractivity contribution in [2.24, 2.45) is 11.3 Å².